The van der Waals surface area contributed by atoms with Gasteiger partial charge in [0.15, 0.2) is 0 Å². The summed E-state index contributed by atoms with van der Waals surface area (Å²) in [4.78, 5) is 0. The maximum atomic E-state index is 13.5. The highest BCUT2D eigenvalue weighted by atomic mass is 35.5. The minimum atomic E-state index is -0.609. The molecular formula is C14H9Cl3F2. The van der Waals surface area contributed by atoms with E-state index in [4.69, 9.17) is 34.8 Å². The maximum absolute atomic E-state index is 13.5. The minimum absolute atomic E-state index is 0.242. The summed E-state index contributed by atoms with van der Waals surface area (Å²) < 4.78 is 26.3. The van der Waals surface area contributed by atoms with E-state index in [2.05, 4.69) is 0 Å². The fourth-order valence-electron chi connectivity index (χ4n) is 1.71. The molecule has 0 aliphatic heterocycles. The number of hydrogen-bond donors (Lipinski definition) is 0. The molecule has 1 atom stereocenters. The van der Waals surface area contributed by atoms with Gasteiger partial charge in [-0.1, -0.05) is 35.3 Å². The van der Waals surface area contributed by atoms with Crippen molar-refractivity contribution in [1.29, 1.82) is 0 Å². The Morgan fingerprint density at radius 3 is 2.32 bits per heavy atom. The van der Waals surface area contributed by atoms with Gasteiger partial charge in [-0.15, -0.1) is 11.6 Å². The first kappa shape index (κ1) is 14.6. The van der Waals surface area contributed by atoms with Crippen molar-refractivity contribution < 1.29 is 8.78 Å². The van der Waals surface area contributed by atoms with Gasteiger partial charge in [0.1, 0.15) is 11.6 Å². The van der Waals surface area contributed by atoms with Crippen LogP contribution in [0.4, 0.5) is 8.78 Å². The van der Waals surface area contributed by atoms with Crippen LogP contribution in [-0.2, 0) is 6.42 Å². The third-order valence-corrected chi connectivity index (χ3v) is 3.86. The highest BCUT2D eigenvalue weighted by Gasteiger charge is 2.13. The monoisotopic (exact) mass is 320 g/mol. The Morgan fingerprint density at radius 1 is 0.947 bits per heavy atom. The average Bonchev–Trinajstić information content (AvgIpc) is 2.36. The number of hydrogen-bond acceptors (Lipinski definition) is 0. The zero-order valence-corrected chi connectivity index (χ0v) is 11.9. The first-order valence-corrected chi connectivity index (χ1v) is 6.69. The number of halogens is 5. The third kappa shape index (κ3) is 3.59. The van der Waals surface area contributed by atoms with Crippen LogP contribution in [0.5, 0.6) is 0 Å². The second kappa shape index (κ2) is 6.08. The molecule has 0 spiro atoms. The van der Waals surface area contributed by atoms with Gasteiger partial charge >= 0.3 is 0 Å². The molecule has 0 radical (unpaired) electrons. The number of alkyl halides is 1. The van der Waals surface area contributed by atoms with Crippen molar-refractivity contribution in [3.05, 3.63) is 69.2 Å². The van der Waals surface area contributed by atoms with Crippen LogP contribution in [0, 0.1) is 11.6 Å². The largest absolute Gasteiger partial charge is 0.207 e. The lowest BCUT2D eigenvalue weighted by Gasteiger charge is -2.11. The Balaban J connectivity index is 2.20. The number of rotatable bonds is 3. The first-order chi connectivity index (χ1) is 8.97. The fraction of sp³-hybridized carbons (Fsp3) is 0.143. The van der Waals surface area contributed by atoms with E-state index in [1.165, 1.54) is 12.1 Å². The van der Waals surface area contributed by atoms with Crippen molar-refractivity contribution in [2.75, 3.05) is 0 Å². The Morgan fingerprint density at radius 2 is 1.68 bits per heavy atom. The zero-order chi connectivity index (χ0) is 14.0. The zero-order valence-electron chi connectivity index (χ0n) is 9.64. The molecular weight excluding hydrogens is 313 g/mol. The number of benzene rings is 2. The molecule has 0 aromatic heterocycles. The maximum Gasteiger partial charge on any atom is 0.129 e. The third-order valence-electron chi connectivity index (χ3n) is 2.72. The van der Waals surface area contributed by atoms with Crippen LogP contribution in [0.2, 0.25) is 10.0 Å². The van der Waals surface area contributed by atoms with Gasteiger partial charge in [-0.2, -0.15) is 0 Å². The van der Waals surface area contributed by atoms with Crippen LogP contribution in [0.15, 0.2) is 36.4 Å². The molecule has 19 heavy (non-hydrogen) atoms. The molecule has 0 N–H and O–H groups in total. The van der Waals surface area contributed by atoms with Gasteiger partial charge in [-0.25, -0.2) is 8.78 Å². The van der Waals surface area contributed by atoms with Gasteiger partial charge < -0.3 is 0 Å². The molecule has 0 nitrogen and oxygen atoms in total. The first-order valence-electron chi connectivity index (χ1n) is 5.50. The van der Waals surface area contributed by atoms with Crippen molar-refractivity contribution >= 4 is 34.8 Å². The molecule has 2 aromatic carbocycles. The van der Waals surface area contributed by atoms with Crippen LogP contribution in [0.1, 0.15) is 16.5 Å². The summed E-state index contributed by atoms with van der Waals surface area (Å²) in [6.45, 7) is 0. The van der Waals surface area contributed by atoms with Crippen LogP contribution in [0.25, 0.3) is 0 Å². The van der Waals surface area contributed by atoms with Crippen LogP contribution in [0.3, 0.4) is 0 Å². The molecule has 0 aliphatic carbocycles. The smallest absolute Gasteiger partial charge is 0.129 e. The molecule has 0 fully saturated rings. The highest BCUT2D eigenvalue weighted by molar-refractivity contribution is 6.42. The van der Waals surface area contributed by atoms with E-state index in [-0.39, 0.29) is 6.42 Å². The molecule has 0 aliphatic rings. The summed E-state index contributed by atoms with van der Waals surface area (Å²) in [7, 11) is 0. The molecule has 5 heteroatoms. The lowest BCUT2D eigenvalue weighted by molar-refractivity contribution is 0.570. The Hall–Kier alpha value is -0.830. The van der Waals surface area contributed by atoms with E-state index >= 15 is 0 Å². The van der Waals surface area contributed by atoms with E-state index < -0.39 is 17.0 Å². The summed E-state index contributed by atoms with van der Waals surface area (Å²) in [5, 5.41) is 0.362. The van der Waals surface area contributed by atoms with E-state index in [0.717, 1.165) is 11.6 Å². The van der Waals surface area contributed by atoms with Gasteiger partial charge in [-0.05, 0) is 35.7 Å². The van der Waals surface area contributed by atoms with Crippen molar-refractivity contribution in [3.63, 3.8) is 0 Å². The predicted molar refractivity (Wildman–Crippen MR) is 75.1 cm³/mol. The van der Waals surface area contributed by atoms with Crippen molar-refractivity contribution in [3.8, 4) is 0 Å². The summed E-state index contributed by atoms with van der Waals surface area (Å²) in [6.07, 6.45) is 0.242. The van der Waals surface area contributed by atoms with Crippen molar-refractivity contribution in [2.45, 2.75) is 11.8 Å². The second-order valence-electron chi connectivity index (χ2n) is 4.08. The summed E-state index contributed by atoms with van der Waals surface area (Å²) in [6, 6.07) is 8.44. The standard InChI is InChI=1S/C14H9Cl3F2/c15-11-4-2-8(5-13(11)17)12(16)6-9-1-3-10(18)7-14(9)19/h1-5,7,12H,6H2. The van der Waals surface area contributed by atoms with E-state index in [0.29, 0.717) is 15.6 Å². The van der Waals surface area contributed by atoms with Crippen LogP contribution < -0.4 is 0 Å². The van der Waals surface area contributed by atoms with Crippen molar-refractivity contribution in [1.82, 2.24) is 0 Å². The van der Waals surface area contributed by atoms with Gasteiger partial charge in [0.25, 0.3) is 0 Å². The SMILES string of the molecule is Fc1ccc(CC(Cl)c2ccc(Cl)c(Cl)c2)c(F)c1. The molecule has 0 saturated heterocycles. The molecule has 0 heterocycles. The van der Waals surface area contributed by atoms with Gasteiger partial charge in [0.05, 0.1) is 15.4 Å². The molecule has 2 rings (SSSR count). The van der Waals surface area contributed by atoms with E-state index in [1.54, 1.807) is 18.2 Å². The predicted octanol–water partition coefficient (Wildman–Crippen LogP) is 5.79. The molecule has 0 amide bonds. The fourth-order valence-corrected chi connectivity index (χ4v) is 2.31. The quantitative estimate of drug-likeness (QED) is 0.627. The molecule has 100 valence electrons. The van der Waals surface area contributed by atoms with Gasteiger partial charge in [0.2, 0.25) is 0 Å². The molecule has 2 aromatic rings. The summed E-state index contributed by atoms with van der Waals surface area (Å²) in [5.74, 6) is -1.22. The lowest BCUT2D eigenvalue weighted by atomic mass is 10.0. The summed E-state index contributed by atoms with van der Waals surface area (Å²) in [5.41, 5.74) is 1.09. The highest BCUT2D eigenvalue weighted by Crippen LogP contribution is 2.31. The minimum Gasteiger partial charge on any atom is -0.207 e. The average molecular weight is 322 g/mol. The van der Waals surface area contributed by atoms with Gasteiger partial charge in [0, 0.05) is 6.07 Å². The van der Waals surface area contributed by atoms with Crippen LogP contribution in [-0.4, -0.2) is 0 Å². The lowest BCUT2D eigenvalue weighted by Crippen LogP contribution is -1.99. The van der Waals surface area contributed by atoms with Gasteiger partial charge in [-0.3, -0.25) is 0 Å². The van der Waals surface area contributed by atoms with Crippen molar-refractivity contribution in [2.24, 2.45) is 0 Å². The van der Waals surface area contributed by atoms with E-state index in [9.17, 15) is 8.78 Å². The van der Waals surface area contributed by atoms with E-state index in [1.807, 2.05) is 0 Å². The molecule has 1 unspecified atom stereocenters. The topological polar surface area (TPSA) is 0 Å². The van der Waals surface area contributed by atoms with Crippen LogP contribution >= 0.6 is 34.8 Å². The Bertz CT molecular complexity index is 599. The Kier molecular flexibility index (Phi) is 4.67. The summed E-state index contributed by atoms with van der Waals surface area (Å²) >= 11 is 17.9. The Labute approximate surface area is 124 Å². The second-order valence-corrected chi connectivity index (χ2v) is 5.42. The molecule has 0 bridgehead atoms. The normalized spacial score (nSPS) is 12.5. The molecule has 0 saturated carbocycles.